The minimum atomic E-state index is 0.0281. The molecule has 0 aliphatic heterocycles. The topological polar surface area (TPSA) is 95.8 Å². The van der Waals surface area contributed by atoms with Crippen molar-refractivity contribution < 1.29 is 38.6 Å². The number of hydrogen-bond donors (Lipinski definition) is 2. The van der Waals surface area contributed by atoms with E-state index in [0.29, 0.717) is 72.7 Å². The van der Waals surface area contributed by atoms with Crippen LogP contribution in [0.4, 0.5) is 0 Å². The molecule has 8 heteroatoms. The van der Waals surface area contributed by atoms with Gasteiger partial charge in [0, 0.05) is 0 Å². The van der Waals surface area contributed by atoms with Gasteiger partial charge in [0.15, 0.2) is 12.2 Å². The fourth-order valence-electron chi connectivity index (χ4n) is 1.23. The van der Waals surface area contributed by atoms with Gasteiger partial charge in [0.05, 0.1) is 72.7 Å². The standard InChI is InChI=1S/C14H26O8/c15-1-3-17-5-7-19-9-11-21-13-14-22-12-10-20-8-6-18-4-2-16/h15-16H,1,3,5-14H2. The second-order valence-corrected chi connectivity index (χ2v) is 3.85. The number of rotatable bonds is 17. The Morgan fingerprint density at radius 1 is 0.545 bits per heavy atom. The molecule has 0 unspecified atom stereocenters. The fourth-order valence-corrected chi connectivity index (χ4v) is 1.23. The molecule has 0 aliphatic carbocycles. The molecule has 0 atom stereocenters. The molecule has 130 valence electrons. The van der Waals surface area contributed by atoms with E-state index >= 15 is 0 Å². The van der Waals surface area contributed by atoms with E-state index < -0.39 is 0 Å². The largest absolute Gasteiger partial charge is 0.460 e. The van der Waals surface area contributed by atoms with Crippen molar-refractivity contribution in [1.82, 2.24) is 0 Å². The van der Waals surface area contributed by atoms with E-state index in [1.165, 1.54) is 0 Å². The molecule has 0 spiro atoms. The molecule has 22 heavy (non-hydrogen) atoms. The van der Waals surface area contributed by atoms with Crippen LogP contribution in [0.3, 0.4) is 0 Å². The number of hydrogen-bond acceptors (Lipinski definition) is 8. The molecule has 0 heterocycles. The zero-order valence-corrected chi connectivity index (χ0v) is 12.8. The van der Waals surface area contributed by atoms with Gasteiger partial charge in [0.1, 0.15) is 6.61 Å². The Hall–Kier alpha value is -1.08. The van der Waals surface area contributed by atoms with Gasteiger partial charge in [0.25, 0.3) is 0 Å². The lowest BCUT2D eigenvalue weighted by molar-refractivity contribution is -0.0151. The summed E-state index contributed by atoms with van der Waals surface area (Å²) in [5.41, 5.74) is 0. The van der Waals surface area contributed by atoms with Crippen molar-refractivity contribution in [3.8, 4) is 12.2 Å². The second-order valence-electron chi connectivity index (χ2n) is 3.85. The maximum absolute atomic E-state index is 8.48. The summed E-state index contributed by atoms with van der Waals surface area (Å²) >= 11 is 0. The molecular formula is C14H26O8. The first-order valence-corrected chi connectivity index (χ1v) is 7.17. The molecule has 0 amide bonds. The smallest absolute Gasteiger partial charge is 0.154 e. The van der Waals surface area contributed by atoms with Gasteiger partial charge < -0.3 is 38.6 Å². The molecule has 0 fully saturated rings. The van der Waals surface area contributed by atoms with Crippen molar-refractivity contribution in [2.24, 2.45) is 0 Å². The first-order valence-electron chi connectivity index (χ1n) is 7.17. The minimum Gasteiger partial charge on any atom is -0.460 e. The summed E-state index contributed by atoms with van der Waals surface area (Å²) in [6, 6.07) is 0. The first kappa shape index (κ1) is 20.9. The van der Waals surface area contributed by atoms with Crippen LogP contribution in [-0.4, -0.2) is 89.5 Å². The molecule has 0 aromatic carbocycles. The lowest BCUT2D eigenvalue weighted by Crippen LogP contribution is -2.14. The highest BCUT2D eigenvalue weighted by Gasteiger charge is 1.93. The van der Waals surface area contributed by atoms with E-state index in [0.717, 1.165) is 0 Å². The average Bonchev–Trinajstić information content (AvgIpc) is 2.54. The molecule has 0 aliphatic rings. The predicted octanol–water partition coefficient (Wildman–Crippen LogP) is -0.631. The maximum Gasteiger partial charge on any atom is 0.154 e. The molecule has 0 radical (unpaired) electrons. The lowest BCUT2D eigenvalue weighted by atomic mass is 10.7. The quantitative estimate of drug-likeness (QED) is 0.270. The van der Waals surface area contributed by atoms with Gasteiger partial charge in [-0.1, -0.05) is 0 Å². The zero-order valence-electron chi connectivity index (χ0n) is 12.8. The minimum absolute atomic E-state index is 0.0281. The van der Waals surface area contributed by atoms with Crippen LogP contribution in [0.2, 0.25) is 0 Å². The van der Waals surface area contributed by atoms with Crippen LogP contribution in [0, 0.1) is 12.2 Å². The highest BCUT2D eigenvalue weighted by molar-refractivity contribution is 4.76. The van der Waals surface area contributed by atoms with E-state index in [1.54, 1.807) is 6.11 Å². The highest BCUT2D eigenvalue weighted by Crippen LogP contribution is 1.84. The zero-order chi connectivity index (χ0) is 16.1. The predicted molar refractivity (Wildman–Crippen MR) is 76.8 cm³/mol. The Morgan fingerprint density at radius 2 is 0.909 bits per heavy atom. The summed E-state index contributed by atoms with van der Waals surface area (Å²) in [4.78, 5) is 0. The Morgan fingerprint density at radius 3 is 1.27 bits per heavy atom. The molecule has 2 N–H and O–H groups in total. The van der Waals surface area contributed by atoms with Crippen LogP contribution < -0.4 is 0 Å². The monoisotopic (exact) mass is 322 g/mol. The van der Waals surface area contributed by atoms with Gasteiger partial charge in [-0.3, -0.25) is 0 Å². The summed E-state index contributed by atoms with van der Waals surface area (Å²) in [6.07, 6.45) is 3.68. The van der Waals surface area contributed by atoms with Crippen LogP contribution in [0.1, 0.15) is 0 Å². The van der Waals surface area contributed by atoms with Crippen LogP contribution in [0.15, 0.2) is 0 Å². The first-order chi connectivity index (χ1) is 10.9. The van der Waals surface area contributed by atoms with E-state index in [-0.39, 0.29) is 6.61 Å². The molecule has 0 saturated heterocycles. The third-order valence-corrected chi connectivity index (χ3v) is 2.17. The SMILES string of the molecule is OC#COCCOCCOCCOCCOCCOCCO. The van der Waals surface area contributed by atoms with Gasteiger partial charge in [-0.25, -0.2) is 0 Å². The van der Waals surface area contributed by atoms with Gasteiger partial charge >= 0.3 is 0 Å². The van der Waals surface area contributed by atoms with Gasteiger partial charge in [-0.2, -0.15) is 0 Å². The Balaban J connectivity index is 2.95. The van der Waals surface area contributed by atoms with Crippen LogP contribution in [-0.2, 0) is 28.4 Å². The molecule has 0 saturated carbocycles. The Labute approximate surface area is 131 Å². The number of aliphatic hydroxyl groups is 2. The van der Waals surface area contributed by atoms with Crippen molar-refractivity contribution >= 4 is 0 Å². The molecule has 8 nitrogen and oxygen atoms in total. The molecular weight excluding hydrogens is 296 g/mol. The molecule has 0 rings (SSSR count). The van der Waals surface area contributed by atoms with E-state index in [1.807, 2.05) is 0 Å². The van der Waals surface area contributed by atoms with Crippen LogP contribution >= 0.6 is 0 Å². The normalized spacial score (nSPS) is 10.2. The third kappa shape index (κ3) is 18.9. The summed E-state index contributed by atoms with van der Waals surface area (Å²) in [6.45, 7) is 4.98. The van der Waals surface area contributed by atoms with Crippen molar-refractivity contribution in [2.45, 2.75) is 0 Å². The van der Waals surface area contributed by atoms with Crippen molar-refractivity contribution in [3.63, 3.8) is 0 Å². The van der Waals surface area contributed by atoms with Gasteiger partial charge in [-0.15, -0.1) is 0 Å². The lowest BCUT2D eigenvalue weighted by Gasteiger charge is -2.07. The van der Waals surface area contributed by atoms with Crippen LogP contribution in [0.5, 0.6) is 0 Å². The van der Waals surface area contributed by atoms with Gasteiger partial charge in [-0.05, 0) is 0 Å². The Bertz CT molecular complexity index is 263. The second kappa shape index (κ2) is 19.9. The molecule has 0 aromatic heterocycles. The van der Waals surface area contributed by atoms with E-state index in [4.69, 9.17) is 33.9 Å². The fraction of sp³-hybridized carbons (Fsp3) is 0.857. The summed E-state index contributed by atoms with van der Waals surface area (Å²) in [5, 5.41) is 16.6. The average molecular weight is 322 g/mol. The molecule has 0 aromatic rings. The summed E-state index contributed by atoms with van der Waals surface area (Å²) in [7, 11) is 0. The van der Waals surface area contributed by atoms with Crippen LogP contribution in [0.25, 0.3) is 0 Å². The van der Waals surface area contributed by atoms with E-state index in [2.05, 4.69) is 10.8 Å². The molecule has 0 bridgehead atoms. The Kier molecular flexibility index (Phi) is 18.9. The third-order valence-electron chi connectivity index (χ3n) is 2.17. The maximum atomic E-state index is 8.48. The number of aliphatic hydroxyl groups excluding tert-OH is 2. The van der Waals surface area contributed by atoms with Crippen molar-refractivity contribution in [1.29, 1.82) is 0 Å². The van der Waals surface area contributed by atoms with Gasteiger partial charge in [0.2, 0.25) is 0 Å². The highest BCUT2D eigenvalue weighted by atomic mass is 16.6. The number of ether oxygens (including phenoxy) is 6. The summed E-state index contributed by atoms with van der Waals surface area (Å²) < 4.78 is 30.7. The van der Waals surface area contributed by atoms with E-state index in [9.17, 15) is 0 Å². The summed E-state index contributed by atoms with van der Waals surface area (Å²) in [5.74, 6) is 0. The van der Waals surface area contributed by atoms with Crippen molar-refractivity contribution in [3.05, 3.63) is 0 Å². The van der Waals surface area contributed by atoms with Crippen molar-refractivity contribution in [2.75, 3.05) is 79.3 Å².